The van der Waals surface area contributed by atoms with Crippen LogP contribution in [0.2, 0.25) is 0 Å². The van der Waals surface area contributed by atoms with Crippen molar-refractivity contribution in [3.05, 3.63) is 35.4 Å². The molecule has 7 heteroatoms. The van der Waals surface area contributed by atoms with Gasteiger partial charge in [-0.25, -0.2) is 8.42 Å². The summed E-state index contributed by atoms with van der Waals surface area (Å²) in [7, 11) is -3.91. The molecule has 20 heavy (non-hydrogen) atoms. The lowest BCUT2D eigenvalue weighted by molar-refractivity contribution is -0.137. The van der Waals surface area contributed by atoms with E-state index in [1.807, 2.05) is 6.07 Å². The van der Waals surface area contributed by atoms with Crippen molar-refractivity contribution in [1.29, 1.82) is 5.26 Å². The molecule has 1 aromatic carbocycles. The van der Waals surface area contributed by atoms with Crippen LogP contribution in [0.15, 0.2) is 24.3 Å². The minimum absolute atomic E-state index is 0.229. The highest BCUT2D eigenvalue weighted by atomic mass is 32.2. The lowest BCUT2D eigenvalue weighted by Crippen LogP contribution is -2.36. The predicted molar refractivity (Wildman–Crippen MR) is 71.8 cm³/mol. The minimum atomic E-state index is -3.91. The molecule has 6 nitrogen and oxygen atoms in total. The molecule has 0 saturated heterocycles. The van der Waals surface area contributed by atoms with Gasteiger partial charge in [0.1, 0.15) is 6.54 Å². The van der Waals surface area contributed by atoms with Gasteiger partial charge in [0.2, 0.25) is 10.0 Å². The van der Waals surface area contributed by atoms with Crippen molar-refractivity contribution >= 4 is 16.0 Å². The molecule has 0 amide bonds. The van der Waals surface area contributed by atoms with Crippen molar-refractivity contribution in [2.75, 3.05) is 13.1 Å². The molecule has 0 heterocycles. The number of rotatable bonds is 6. The zero-order valence-corrected chi connectivity index (χ0v) is 11.3. The third kappa shape index (κ3) is 4.09. The van der Waals surface area contributed by atoms with Crippen LogP contribution in [0.5, 0.6) is 0 Å². The topological polar surface area (TPSA) is 98.5 Å². The van der Waals surface area contributed by atoms with Crippen molar-refractivity contribution in [3.8, 4) is 18.4 Å². The highest BCUT2D eigenvalue weighted by molar-refractivity contribution is 7.88. The molecule has 0 fully saturated rings. The van der Waals surface area contributed by atoms with Crippen LogP contribution in [0, 0.1) is 23.7 Å². The van der Waals surface area contributed by atoms with Crippen LogP contribution in [0.3, 0.4) is 0 Å². The second-order valence-electron chi connectivity index (χ2n) is 3.89. The van der Waals surface area contributed by atoms with Gasteiger partial charge in [-0.2, -0.15) is 9.57 Å². The maximum Gasteiger partial charge on any atom is 0.318 e. The Kier molecular flexibility index (Phi) is 5.27. The zero-order chi connectivity index (χ0) is 15.2. The lowest BCUT2D eigenvalue weighted by Gasteiger charge is -2.18. The third-order valence-electron chi connectivity index (χ3n) is 2.45. The summed E-state index contributed by atoms with van der Waals surface area (Å²) in [6, 6.07) is 8.11. The normalized spacial score (nSPS) is 10.8. The largest absolute Gasteiger partial charge is 0.480 e. The van der Waals surface area contributed by atoms with Gasteiger partial charge in [0.15, 0.2) is 0 Å². The van der Waals surface area contributed by atoms with Crippen molar-refractivity contribution in [2.24, 2.45) is 0 Å². The molecular formula is C13H12N2O4S. The molecule has 0 saturated carbocycles. The van der Waals surface area contributed by atoms with E-state index in [0.717, 1.165) is 0 Å². The smallest absolute Gasteiger partial charge is 0.318 e. The van der Waals surface area contributed by atoms with E-state index in [-0.39, 0.29) is 12.1 Å². The van der Waals surface area contributed by atoms with E-state index >= 15 is 0 Å². The Bertz CT molecular complexity index is 683. The first-order valence-electron chi connectivity index (χ1n) is 5.52. The van der Waals surface area contributed by atoms with Crippen LogP contribution in [-0.4, -0.2) is 36.9 Å². The van der Waals surface area contributed by atoms with E-state index in [1.54, 1.807) is 12.1 Å². The average Bonchev–Trinajstić information content (AvgIpc) is 2.38. The predicted octanol–water partition coefficient (Wildman–Crippen LogP) is 0.408. The number of hydrogen-bond acceptors (Lipinski definition) is 4. The number of aliphatic carboxylic acids is 1. The first-order chi connectivity index (χ1) is 9.40. The first kappa shape index (κ1) is 15.7. The Morgan fingerprint density at radius 2 is 2.05 bits per heavy atom. The Morgan fingerprint density at radius 3 is 2.60 bits per heavy atom. The maximum absolute atomic E-state index is 12.2. The number of sulfonamides is 1. The van der Waals surface area contributed by atoms with Gasteiger partial charge in [-0.05, 0) is 11.6 Å². The fourth-order valence-electron chi connectivity index (χ4n) is 1.55. The molecule has 0 spiro atoms. The van der Waals surface area contributed by atoms with Crippen molar-refractivity contribution in [2.45, 2.75) is 5.75 Å². The Hall–Kier alpha value is -2.35. The summed E-state index contributed by atoms with van der Waals surface area (Å²) in [5.74, 6) is 0.351. The van der Waals surface area contributed by atoms with Gasteiger partial charge in [-0.3, -0.25) is 4.79 Å². The number of carbonyl (C=O) groups is 1. The van der Waals surface area contributed by atoms with Gasteiger partial charge in [-0.15, -0.1) is 6.42 Å². The van der Waals surface area contributed by atoms with Gasteiger partial charge in [0, 0.05) is 0 Å². The monoisotopic (exact) mass is 292 g/mol. The number of terminal acetylenes is 1. The minimum Gasteiger partial charge on any atom is -0.480 e. The molecule has 0 aliphatic carbocycles. The Morgan fingerprint density at radius 1 is 1.40 bits per heavy atom. The summed E-state index contributed by atoms with van der Waals surface area (Å²) < 4.78 is 25.0. The summed E-state index contributed by atoms with van der Waals surface area (Å²) in [5, 5.41) is 17.6. The van der Waals surface area contributed by atoms with E-state index in [4.69, 9.17) is 16.8 Å². The van der Waals surface area contributed by atoms with E-state index in [2.05, 4.69) is 5.92 Å². The molecule has 0 aliphatic rings. The molecular weight excluding hydrogens is 280 g/mol. The number of nitriles is 1. The van der Waals surface area contributed by atoms with Gasteiger partial charge < -0.3 is 5.11 Å². The molecule has 0 aliphatic heterocycles. The van der Waals surface area contributed by atoms with Gasteiger partial charge in [-0.1, -0.05) is 24.1 Å². The maximum atomic E-state index is 12.2. The summed E-state index contributed by atoms with van der Waals surface area (Å²) in [6.45, 7) is -1.04. The quantitative estimate of drug-likeness (QED) is 0.766. The average molecular weight is 292 g/mol. The molecule has 1 aromatic rings. The number of carboxylic acid groups (broad SMARTS) is 1. The molecule has 1 N–H and O–H groups in total. The van der Waals surface area contributed by atoms with Crippen molar-refractivity contribution in [3.63, 3.8) is 0 Å². The van der Waals surface area contributed by atoms with E-state index in [1.165, 1.54) is 12.1 Å². The second-order valence-corrected chi connectivity index (χ2v) is 5.86. The van der Waals surface area contributed by atoms with Crippen LogP contribution >= 0.6 is 0 Å². The van der Waals surface area contributed by atoms with Gasteiger partial charge >= 0.3 is 5.97 Å². The number of benzene rings is 1. The third-order valence-corrected chi connectivity index (χ3v) is 4.17. The van der Waals surface area contributed by atoms with Crippen LogP contribution in [0.1, 0.15) is 11.1 Å². The van der Waals surface area contributed by atoms with Crippen LogP contribution in [0.4, 0.5) is 0 Å². The zero-order valence-electron chi connectivity index (χ0n) is 10.5. The fourth-order valence-corrected chi connectivity index (χ4v) is 2.95. The van der Waals surface area contributed by atoms with E-state index in [9.17, 15) is 13.2 Å². The van der Waals surface area contributed by atoms with Crippen molar-refractivity contribution < 1.29 is 18.3 Å². The molecule has 0 unspecified atom stereocenters. The van der Waals surface area contributed by atoms with Crippen LogP contribution in [-0.2, 0) is 20.6 Å². The van der Waals surface area contributed by atoms with Crippen molar-refractivity contribution in [1.82, 2.24) is 4.31 Å². The number of carboxylic acids is 1. The molecule has 0 aromatic heterocycles. The number of nitrogens with zero attached hydrogens (tertiary/aromatic N) is 2. The Labute approximate surface area is 117 Å². The SMILES string of the molecule is C#CCN(CC(=O)O)S(=O)(=O)Cc1ccccc1C#N. The Balaban J connectivity index is 3.07. The number of hydrogen-bond donors (Lipinski definition) is 1. The van der Waals surface area contributed by atoms with E-state index < -0.39 is 28.3 Å². The molecule has 0 radical (unpaired) electrons. The molecule has 104 valence electrons. The lowest BCUT2D eigenvalue weighted by atomic mass is 10.1. The highest BCUT2D eigenvalue weighted by Crippen LogP contribution is 2.14. The first-order valence-corrected chi connectivity index (χ1v) is 7.12. The summed E-state index contributed by atoms with van der Waals surface area (Å²) in [4.78, 5) is 10.7. The van der Waals surface area contributed by atoms with E-state index in [0.29, 0.717) is 9.87 Å². The van der Waals surface area contributed by atoms with Crippen LogP contribution < -0.4 is 0 Å². The summed E-state index contributed by atoms with van der Waals surface area (Å²) in [6.07, 6.45) is 5.05. The molecule has 1 rings (SSSR count). The summed E-state index contributed by atoms with van der Waals surface area (Å²) in [5.41, 5.74) is 0.537. The molecule has 0 bridgehead atoms. The van der Waals surface area contributed by atoms with Crippen LogP contribution in [0.25, 0.3) is 0 Å². The fraction of sp³-hybridized carbons (Fsp3) is 0.231. The highest BCUT2D eigenvalue weighted by Gasteiger charge is 2.25. The second kappa shape index (κ2) is 6.71. The van der Waals surface area contributed by atoms with Gasteiger partial charge in [0.25, 0.3) is 0 Å². The standard InChI is InChI=1S/C13H12N2O4S/c1-2-7-15(9-13(16)17)20(18,19)10-12-6-4-3-5-11(12)8-14/h1,3-6H,7,9-10H2,(H,16,17). The molecule has 0 atom stereocenters. The van der Waals surface area contributed by atoms with Gasteiger partial charge in [0.05, 0.1) is 23.9 Å². The summed E-state index contributed by atoms with van der Waals surface area (Å²) >= 11 is 0.